The Morgan fingerprint density at radius 2 is 1.84 bits per heavy atom. The molecule has 0 fully saturated rings. The van der Waals surface area contributed by atoms with E-state index < -0.39 is 0 Å². The molecule has 5 aromatic rings. The predicted octanol–water partition coefficient (Wildman–Crippen LogP) is 5.96. The van der Waals surface area contributed by atoms with Gasteiger partial charge in [0.25, 0.3) is 10.8 Å². The molecule has 0 amide bonds. The van der Waals surface area contributed by atoms with Crippen molar-refractivity contribution in [1.29, 1.82) is 0 Å². The molecule has 0 bridgehead atoms. The Balaban J connectivity index is 1.40. The number of thiophene rings is 1. The van der Waals surface area contributed by atoms with Gasteiger partial charge in [0, 0.05) is 27.1 Å². The van der Waals surface area contributed by atoms with Gasteiger partial charge in [-0.15, -0.1) is 21.5 Å². The second kappa shape index (κ2) is 8.30. The molecule has 0 aliphatic heterocycles. The number of aromatic nitrogens is 4. The smallest absolute Gasteiger partial charge is 0.277 e. The molecule has 5 rings (SSSR count). The van der Waals surface area contributed by atoms with E-state index in [0.717, 1.165) is 22.3 Å². The van der Waals surface area contributed by atoms with Crippen LogP contribution in [0.25, 0.3) is 32.8 Å². The number of rotatable bonds is 5. The van der Waals surface area contributed by atoms with E-state index in [9.17, 15) is 4.79 Å². The van der Waals surface area contributed by atoms with E-state index in [-0.39, 0.29) is 5.56 Å². The fourth-order valence-corrected chi connectivity index (χ4v) is 5.09. The Hall–Kier alpha value is -2.94. The van der Waals surface area contributed by atoms with E-state index in [2.05, 4.69) is 20.2 Å². The topological polar surface area (TPSA) is 84.7 Å². The highest BCUT2D eigenvalue weighted by Crippen LogP contribution is 2.35. The van der Waals surface area contributed by atoms with Crippen molar-refractivity contribution in [1.82, 2.24) is 20.2 Å². The third kappa shape index (κ3) is 3.89. The molecule has 0 radical (unpaired) electrons. The number of benzene rings is 2. The van der Waals surface area contributed by atoms with Crippen LogP contribution < -0.4 is 5.56 Å². The van der Waals surface area contributed by atoms with Gasteiger partial charge in [0.2, 0.25) is 5.89 Å². The summed E-state index contributed by atoms with van der Waals surface area (Å²) in [5, 5.41) is 11.7. The zero-order valence-electron chi connectivity index (χ0n) is 16.3. The quantitative estimate of drug-likeness (QED) is 0.322. The van der Waals surface area contributed by atoms with Crippen molar-refractivity contribution in [2.75, 3.05) is 0 Å². The van der Waals surface area contributed by atoms with Crippen LogP contribution in [0.1, 0.15) is 11.4 Å². The van der Waals surface area contributed by atoms with Gasteiger partial charge in [-0.3, -0.25) is 4.79 Å². The minimum Gasteiger partial charge on any atom is -0.411 e. The molecule has 2 aromatic carbocycles. The second-order valence-electron chi connectivity index (χ2n) is 6.80. The van der Waals surface area contributed by atoms with Crippen LogP contribution in [0, 0.1) is 6.92 Å². The number of H-pyrrole nitrogens is 1. The van der Waals surface area contributed by atoms with E-state index in [1.54, 1.807) is 0 Å². The van der Waals surface area contributed by atoms with Crippen molar-refractivity contribution < 1.29 is 4.42 Å². The van der Waals surface area contributed by atoms with Gasteiger partial charge in [0.15, 0.2) is 0 Å². The Kier molecular flexibility index (Phi) is 5.35. The lowest BCUT2D eigenvalue weighted by Gasteiger charge is -2.03. The molecule has 6 nitrogen and oxygen atoms in total. The van der Waals surface area contributed by atoms with Crippen molar-refractivity contribution >= 4 is 44.9 Å². The number of aromatic amines is 1. The van der Waals surface area contributed by atoms with Gasteiger partial charge in [-0.05, 0) is 24.6 Å². The van der Waals surface area contributed by atoms with E-state index in [0.29, 0.717) is 37.9 Å². The number of hydrogen-bond acceptors (Lipinski definition) is 7. The normalized spacial score (nSPS) is 11.3. The molecule has 0 aliphatic carbocycles. The first-order valence-electron chi connectivity index (χ1n) is 9.38. The largest absolute Gasteiger partial charge is 0.411 e. The van der Waals surface area contributed by atoms with Gasteiger partial charge >= 0.3 is 0 Å². The van der Waals surface area contributed by atoms with E-state index in [1.807, 2.05) is 60.8 Å². The number of aryl methyl sites for hydroxylation is 1. The molecule has 3 aromatic heterocycles. The predicted molar refractivity (Wildman–Crippen MR) is 125 cm³/mol. The number of thioether (sulfide) groups is 1. The molecule has 3 heterocycles. The Morgan fingerprint density at radius 3 is 2.65 bits per heavy atom. The highest BCUT2D eigenvalue weighted by Gasteiger charge is 2.16. The van der Waals surface area contributed by atoms with Crippen molar-refractivity contribution in [2.24, 2.45) is 0 Å². The number of nitrogens with one attached hydrogen (secondary N) is 1. The monoisotopic (exact) mass is 466 g/mol. The summed E-state index contributed by atoms with van der Waals surface area (Å²) >= 11 is 9.07. The van der Waals surface area contributed by atoms with Crippen LogP contribution in [0.3, 0.4) is 0 Å². The maximum atomic E-state index is 12.8. The van der Waals surface area contributed by atoms with Gasteiger partial charge in [0.05, 0.1) is 11.1 Å². The van der Waals surface area contributed by atoms with Crippen LogP contribution in [0.2, 0.25) is 5.02 Å². The Labute approximate surface area is 190 Å². The SMILES string of the molecule is Cc1ccccc1-c1nnc(SCc2nc3scc(-c4ccccc4Cl)c3c(=O)[nH]2)o1. The summed E-state index contributed by atoms with van der Waals surface area (Å²) in [6.45, 7) is 1.99. The summed E-state index contributed by atoms with van der Waals surface area (Å²) in [5.74, 6) is 1.42. The zero-order valence-corrected chi connectivity index (χ0v) is 18.6. The summed E-state index contributed by atoms with van der Waals surface area (Å²) in [7, 11) is 0. The highest BCUT2D eigenvalue weighted by molar-refractivity contribution is 7.98. The van der Waals surface area contributed by atoms with Crippen LogP contribution in [0.4, 0.5) is 0 Å². The molecule has 0 atom stereocenters. The molecule has 0 unspecified atom stereocenters. The minimum absolute atomic E-state index is 0.192. The third-order valence-electron chi connectivity index (χ3n) is 4.77. The summed E-state index contributed by atoms with van der Waals surface area (Å²) in [5.41, 5.74) is 3.38. The lowest BCUT2D eigenvalue weighted by molar-refractivity contribution is 0.465. The lowest BCUT2D eigenvalue weighted by atomic mass is 10.1. The second-order valence-corrected chi connectivity index (χ2v) is 8.99. The molecule has 0 aliphatic rings. The fourth-order valence-electron chi connectivity index (χ4n) is 3.26. The summed E-state index contributed by atoms with van der Waals surface area (Å²) < 4.78 is 5.77. The standard InChI is InChI=1S/C22H15ClN4O2S2/c1-12-6-2-3-7-13(12)20-26-27-22(29-20)31-11-17-24-19(28)18-15(10-30-21(18)25-17)14-8-4-5-9-16(14)23/h2-10H,11H2,1H3,(H,24,25,28). The molecule has 1 N–H and O–H groups in total. The van der Waals surface area contributed by atoms with Crippen LogP contribution in [-0.2, 0) is 5.75 Å². The Morgan fingerprint density at radius 1 is 1.06 bits per heavy atom. The lowest BCUT2D eigenvalue weighted by Crippen LogP contribution is -2.10. The average molecular weight is 467 g/mol. The third-order valence-corrected chi connectivity index (χ3v) is 6.80. The fraction of sp³-hybridized carbons (Fsp3) is 0.0909. The number of halogens is 1. The van der Waals surface area contributed by atoms with Crippen LogP contribution in [0.15, 0.2) is 68.3 Å². The molecular weight excluding hydrogens is 452 g/mol. The van der Waals surface area contributed by atoms with Gasteiger partial charge in [0.1, 0.15) is 10.7 Å². The first kappa shape index (κ1) is 20.0. The maximum absolute atomic E-state index is 12.8. The first-order chi connectivity index (χ1) is 15.1. The average Bonchev–Trinajstić information content (AvgIpc) is 3.40. The molecule has 154 valence electrons. The van der Waals surface area contributed by atoms with Gasteiger partial charge in [-0.25, -0.2) is 4.98 Å². The van der Waals surface area contributed by atoms with Crippen molar-refractivity contribution in [3.05, 3.63) is 80.7 Å². The van der Waals surface area contributed by atoms with Crippen LogP contribution in [-0.4, -0.2) is 20.2 Å². The molecule has 0 saturated carbocycles. The maximum Gasteiger partial charge on any atom is 0.277 e. The molecular formula is C22H15ClN4O2S2. The van der Waals surface area contributed by atoms with Crippen molar-refractivity contribution in [3.63, 3.8) is 0 Å². The summed E-state index contributed by atoms with van der Waals surface area (Å²) in [4.78, 5) is 21.0. The number of fused-ring (bicyclic) bond motifs is 1. The van der Waals surface area contributed by atoms with Crippen molar-refractivity contribution in [3.8, 4) is 22.6 Å². The number of hydrogen-bond donors (Lipinski definition) is 1. The molecule has 9 heteroatoms. The van der Waals surface area contributed by atoms with Crippen molar-refractivity contribution in [2.45, 2.75) is 17.9 Å². The van der Waals surface area contributed by atoms with Gasteiger partial charge < -0.3 is 9.40 Å². The Bertz CT molecular complexity index is 1460. The molecule has 31 heavy (non-hydrogen) atoms. The van der Waals surface area contributed by atoms with Gasteiger partial charge in [-0.1, -0.05) is 59.8 Å². The minimum atomic E-state index is -0.192. The van der Waals surface area contributed by atoms with E-state index in [1.165, 1.54) is 23.1 Å². The zero-order chi connectivity index (χ0) is 21.4. The summed E-state index contributed by atoms with van der Waals surface area (Å²) in [6.07, 6.45) is 0. The van der Waals surface area contributed by atoms with E-state index >= 15 is 0 Å². The number of nitrogens with zero attached hydrogens (tertiary/aromatic N) is 3. The summed E-state index contributed by atoms with van der Waals surface area (Å²) in [6, 6.07) is 15.3. The highest BCUT2D eigenvalue weighted by atomic mass is 35.5. The molecule has 0 saturated heterocycles. The van der Waals surface area contributed by atoms with Crippen LogP contribution >= 0.6 is 34.7 Å². The van der Waals surface area contributed by atoms with E-state index in [4.69, 9.17) is 16.0 Å². The first-order valence-corrected chi connectivity index (χ1v) is 11.6. The van der Waals surface area contributed by atoms with Crippen LogP contribution in [0.5, 0.6) is 0 Å². The van der Waals surface area contributed by atoms with Gasteiger partial charge in [-0.2, -0.15) is 0 Å². The molecule has 0 spiro atoms.